The van der Waals surface area contributed by atoms with Gasteiger partial charge in [0.05, 0.1) is 11.3 Å². The molecular weight excluding hydrogens is 322 g/mol. The first-order valence-corrected chi connectivity index (χ1v) is 6.67. The summed E-state index contributed by atoms with van der Waals surface area (Å²) in [5.74, 6) is -4.19. The normalized spacial score (nSPS) is 18.5. The van der Waals surface area contributed by atoms with E-state index in [4.69, 9.17) is 4.84 Å². The van der Waals surface area contributed by atoms with Crippen LogP contribution in [0, 0.1) is 0 Å². The van der Waals surface area contributed by atoms with Gasteiger partial charge in [-0.05, 0) is 13.8 Å². The number of alkyl halides is 4. The van der Waals surface area contributed by atoms with Crippen molar-refractivity contribution in [3.8, 4) is 0 Å². The van der Waals surface area contributed by atoms with Crippen molar-refractivity contribution in [3.05, 3.63) is 21.6 Å². The summed E-state index contributed by atoms with van der Waals surface area (Å²) in [6, 6.07) is 0. The third-order valence-electron chi connectivity index (χ3n) is 3.46. The number of nitrogens with zero attached hydrogens (tertiary/aromatic N) is 2. The molecule has 0 amide bonds. The van der Waals surface area contributed by atoms with Gasteiger partial charge in [0.1, 0.15) is 18.0 Å². The third-order valence-corrected chi connectivity index (χ3v) is 3.46. The largest absolute Gasteiger partial charge is 0.403 e. The van der Waals surface area contributed by atoms with Gasteiger partial charge in [-0.1, -0.05) is 5.16 Å². The zero-order valence-electron chi connectivity index (χ0n) is 12.6. The molecule has 6 nitrogen and oxygen atoms in total. The molecule has 0 radical (unpaired) electrons. The molecule has 1 unspecified atom stereocenters. The van der Waals surface area contributed by atoms with Crippen molar-refractivity contribution < 1.29 is 27.2 Å². The van der Waals surface area contributed by atoms with E-state index < -0.39 is 52.7 Å². The maximum Gasteiger partial charge on any atom is 0.403 e. The van der Waals surface area contributed by atoms with Gasteiger partial charge in [0.2, 0.25) is 0 Å². The summed E-state index contributed by atoms with van der Waals surface area (Å²) in [7, 11) is 1.14. The van der Waals surface area contributed by atoms with Crippen LogP contribution in [0.4, 0.5) is 17.6 Å². The van der Waals surface area contributed by atoms with Gasteiger partial charge in [-0.2, -0.15) is 13.2 Å². The number of hydrogen-bond donors (Lipinski definition) is 1. The van der Waals surface area contributed by atoms with Gasteiger partial charge < -0.3 is 4.84 Å². The van der Waals surface area contributed by atoms with Gasteiger partial charge in [-0.3, -0.25) is 19.4 Å². The Morgan fingerprint density at radius 3 is 2.52 bits per heavy atom. The Kier molecular flexibility index (Phi) is 4.12. The zero-order valence-corrected chi connectivity index (χ0v) is 12.6. The van der Waals surface area contributed by atoms with Gasteiger partial charge in [-0.25, -0.2) is 4.39 Å². The van der Waals surface area contributed by atoms with Crippen LogP contribution in [-0.4, -0.2) is 33.1 Å². The van der Waals surface area contributed by atoms with Crippen molar-refractivity contribution in [2.45, 2.75) is 44.6 Å². The fraction of sp³-hybridized carbons (Fsp3) is 0.615. The van der Waals surface area contributed by atoms with Crippen molar-refractivity contribution >= 4 is 11.5 Å². The molecule has 1 aromatic heterocycles. The number of oxime groups is 1. The second-order valence-corrected chi connectivity index (χ2v) is 5.91. The molecule has 0 aliphatic carbocycles. The molecule has 1 aliphatic heterocycles. The lowest BCUT2D eigenvalue weighted by Gasteiger charge is -2.18. The molecule has 0 saturated heterocycles. The number of carbonyl (C=O) groups is 1. The van der Waals surface area contributed by atoms with Gasteiger partial charge in [-0.15, -0.1) is 0 Å². The van der Waals surface area contributed by atoms with Crippen LogP contribution in [0.1, 0.15) is 37.4 Å². The van der Waals surface area contributed by atoms with E-state index in [2.05, 4.69) is 10.3 Å². The molecule has 128 valence electrons. The quantitative estimate of drug-likeness (QED) is 0.853. The van der Waals surface area contributed by atoms with Crippen LogP contribution in [0.2, 0.25) is 0 Å². The van der Waals surface area contributed by atoms with E-state index in [1.165, 1.54) is 0 Å². The number of halogens is 4. The molecule has 0 spiro atoms. The molecule has 2 heterocycles. The number of aromatic amines is 1. The van der Waals surface area contributed by atoms with Gasteiger partial charge in [0, 0.05) is 13.5 Å². The van der Waals surface area contributed by atoms with Crippen LogP contribution in [0.25, 0.3) is 0 Å². The molecule has 2 rings (SSSR count). The van der Waals surface area contributed by atoms with Crippen LogP contribution < -0.4 is 5.56 Å². The van der Waals surface area contributed by atoms with Crippen molar-refractivity contribution in [2.75, 3.05) is 0 Å². The Bertz CT molecular complexity index is 715. The van der Waals surface area contributed by atoms with E-state index in [-0.39, 0.29) is 6.42 Å². The maximum absolute atomic E-state index is 13.4. The fourth-order valence-corrected chi connectivity index (χ4v) is 2.41. The number of aryl methyl sites for hydroxylation is 1. The fourth-order valence-electron chi connectivity index (χ4n) is 2.41. The molecule has 1 atom stereocenters. The molecule has 1 aliphatic rings. The summed E-state index contributed by atoms with van der Waals surface area (Å²) >= 11 is 0. The molecule has 23 heavy (non-hydrogen) atoms. The highest BCUT2D eigenvalue weighted by Gasteiger charge is 2.51. The SMILES string of the molecule is Cn1[nH]c(CF)c(C(C(=O)C2=NOC(C)(C)C2)C(F)(F)F)c1=O. The highest BCUT2D eigenvalue weighted by atomic mass is 19.4. The Morgan fingerprint density at radius 2 is 2.09 bits per heavy atom. The lowest BCUT2D eigenvalue weighted by molar-refractivity contribution is -0.159. The molecule has 0 bridgehead atoms. The average molecular weight is 337 g/mol. The summed E-state index contributed by atoms with van der Waals surface area (Å²) < 4.78 is 53.9. The lowest BCUT2D eigenvalue weighted by atomic mass is 9.88. The molecule has 10 heteroatoms. The number of carbonyl (C=O) groups excluding carboxylic acids is 1. The highest BCUT2D eigenvalue weighted by Crippen LogP contribution is 2.37. The predicted molar refractivity (Wildman–Crippen MR) is 71.9 cm³/mol. The van der Waals surface area contributed by atoms with E-state index in [1.54, 1.807) is 13.8 Å². The highest BCUT2D eigenvalue weighted by molar-refractivity contribution is 6.42. The molecule has 1 N–H and O–H groups in total. The number of hydrogen-bond acceptors (Lipinski definition) is 4. The zero-order chi connectivity index (χ0) is 17.6. The van der Waals surface area contributed by atoms with Crippen LogP contribution >= 0.6 is 0 Å². The first-order chi connectivity index (χ1) is 10.5. The first kappa shape index (κ1) is 17.2. The summed E-state index contributed by atoms with van der Waals surface area (Å²) in [4.78, 5) is 29.1. The lowest BCUT2D eigenvalue weighted by Crippen LogP contribution is -2.37. The van der Waals surface area contributed by atoms with E-state index in [1.807, 2.05) is 0 Å². The maximum atomic E-state index is 13.4. The molecule has 0 saturated carbocycles. The average Bonchev–Trinajstić information content (AvgIpc) is 2.91. The van der Waals surface area contributed by atoms with E-state index in [0.29, 0.717) is 4.68 Å². The minimum atomic E-state index is -5.06. The second-order valence-electron chi connectivity index (χ2n) is 5.91. The number of rotatable bonds is 4. The summed E-state index contributed by atoms with van der Waals surface area (Å²) in [6.07, 6.45) is -5.20. The number of nitrogens with one attached hydrogen (secondary N) is 1. The van der Waals surface area contributed by atoms with Gasteiger partial charge in [0.25, 0.3) is 5.56 Å². The number of ketones is 1. The van der Waals surface area contributed by atoms with E-state index >= 15 is 0 Å². The van der Waals surface area contributed by atoms with Crippen molar-refractivity contribution in [2.24, 2.45) is 12.2 Å². The first-order valence-electron chi connectivity index (χ1n) is 6.67. The molecule has 0 fully saturated rings. The monoisotopic (exact) mass is 337 g/mol. The van der Waals surface area contributed by atoms with Crippen molar-refractivity contribution in [1.29, 1.82) is 0 Å². The predicted octanol–water partition coefficient (Wildman–Crippen LogP) is 1.95. The molecule has 1 aromatic rings. The summed E-state index contributed by atoms with van der Waals surface area (Å²) in [6.45, 7) is 1.78. The van der Waals surface area contributed by atoms with Crippen LogP contribution in [0.5, 0.6) is 0 Å². The minimum Gasteiger partial charge on any atom is -0.389 e. The Labute approximate surface area is 128 Å². The summed E-state index contributed by atoms with van der Waals surface area (Å²) in [5, 5.41) is 5.58. The third kappa shape index (κ3) is 3.15. The molecular formula is C13H15F4N3O3. The Hall–Kier alpha value is -2.13. The van der Waals surface area contributed by atoms with E-state index in [9.17, 15) is 27.2 Å². The Balaban J connectivity index is 2.53. The minimum absolute atomic E-state index is 0.131. The van der Waals surface area contributed by atoms with E-state index in [0.717, 1.165) is 7.05 Å². The summed E-state index contributed by atoms with van der Waals surface area (Å²) in [5.41, 5.74) is -3.96. The van der Waals surface area contributed by atoms with Crippen molar-refractivity contribution in [1.82, 2.24) is 9.78 Å². The van der Waals surface area contributed by atoms with Crippen LogP contribution in [0.3, 0.4) is 0 Å². The topological polar surface area (TPSA) is 76.4 Å². The second kappa shape index (κ2) is 5.50. The number of H-pyrrole nitrogens is 1. The Morgan fingerprint density at radius 1 is 1.48 bits per heavy atom. The number of Topliss-reactive ketones (excluding diaryl/α,β-unsaturated/α-hetero) is 1. The van der Waals surface area contributed by atoms with Gasteiger partial charge >= 0.3 is 6.18 Å². The standard InChI is InChI=1S/C13H15F4N3O3/c1-12(2)4-6(19-23-12)10(21)9(13(15,16)17)8-7(5-14)18-20(3)11(8)22/h9,18H,4-5H2,1-3H3. The molecule has 0 aromatic carbocycles. The number of aromatic nitrogens is 2. The van der Waals surface area contributed by atoms with Gasteiger partial charge in [0.15, 0.2) is 11.7 Å². The smallest absolute Gasteiger partial charge is 0.389 e. The van der Waals surface area contributed by atoms with Crippen molar-refractivity contribution in [3.63, 3.8) is 0 Å². The van der Waals surface area contributed by atoms with Crippen LogP contribution in [-0.2, 0) is 23.4 Å². The van der Waals surface area contributed by atoms with Crippen LogP contribution in [0.15, 0.2) is 9.95 Å².